The van der Waals surface area contributed by atoms with Crippen molar-refractivity contribution in [1.82, 2.24) is 5.32 Å². The van der Waals surface area contributed by atoms with E-state index in [1.54, 1.807) is 0 Å². The molecule has 0 radical (unpaired) electrons. The third-order valence-corrected chi connectivity index (χ3v) is 5.13. The van der Waals surface area contributed by atoms with Gasteiger partial charge in [-0.1, -0.05) is 103 Å². The largest absolute Gasteiger partial charge is 0.289 e. The third-order valence-electron chi connectivity index (χ3n) is 5.13. The molecule has 0 aromatic carbocycles. The van der Waals surface area contributed by atoms with E-state index in [1.165, 1.54) is 96.0 Å². The summed E-state index contributed by atoms with van der Waals surface area (Å²) in [6.07, 6.45) is 23.8. The van der Waals surface area contributed by atoms with Crippen LogP contribution in [0.25, 0.3) is 0 Å². The lowest BCUT2D eigenvalue weighted by molar-refractivity contribution is -0.123. The van der Waals surface area contributed by atoms with Crippen molar-refractivity contribution in [3.05, 3.63) is 11.6 Å². The zero-order valence-corrected chi connectivity index (χ0v) is 16.4. The molecule has 0 fully saturated rings. The summed E-state index contributed by atoms with van der Waals surface area (Å²) in [6.45, 7) is 2.28. The molecule has 1 aliphatic heterocycles. The molecule has 0 saturated heterocycles. The van der Waals surface area contributed by atoms with Gasteiger partial charge in [0, 0.05) is 11.6 Å². The summed E-state index contributed by atoms with van der Waals surface area (Å²) in [6, 6.07) is 0. The number of amides is 2. The minimum atomic E-state index is -0.253. The zero-order valence-electron chi connectivity index (χ0n) is 16.4. The summed E-state index contributed by atoms with van der Waals surface area (Å²) >= 11 is 0. The zero-order chi connectivity index (χ0) is 18.2. The molecule has 0 unspecified atom stereocenters. The van der Waals surface area contributed by atoms with Crippen LogP contribution in [0, 0.1) is 0 Å². The molecule has 0 atom stereocenters. The van der Waals surface area contributed by atoms with Crippen LogP contribution in [0.3, 0.4) is 0 Å². The van der Waals surface area contributed by atoms with Gasteiger partial charge in [0.2, 0.25) is 0 Å². The molecule has 0 spiro atoms. The van der Waals surface area contributed by atoms with Gasteiger partial charge in [-0.3, -0.25) is 14.9 Å². The summed E-state index contributed by atoms with van der Waals surface area (Å²) in [5.74, 6) is -0.442. The van der Waals surface area contributed by atoms with Crippen LogP contribution in [0.4, 0.5) is 0 Å². The number of hydrogen-bond donors (Lipinski definition) is 1. The number of nitrogens with one attached hydrogen (secondary N) is 1. The normalized spacial score (nSPS) is 14.0. The van der Waals surface area contributed by atoms with Crippen LogP contribution in [-0.2, 0) is 9.59 Å². The van der Waals surface area contributed by atoms with Crippen molar-refractivity contribution in [3.8, 4) is 0 Å². The highest BCUT2D eigenvalue weighted by molar-refractivity contribution is 6.16. The van der Waals surface area contributed by atoms with Gasteiger partial charge in [-0.25, -0.2) is 0 Å². The molecule has 25 heavy (non-hydrogen) atoms. The van der Waals surface area contributed by atoms with Crippen molar-refractivity contribution in [2.75, 3.05) is 0 Å². The SMILES string of the molecule is CCCCCCCCCCCCCCCCCCC1=CC(=O)NC1=O. The van der Waals surface area contributed by atoms with Gasteiger partial charge in [-0.15, -0.1) is 0 Å². The molecule has 0 saturated carbocycles. The van der Waals surface area contributed by atoms with E-state index in [-0.39, 0.29) is 11.8 Å². The molecule has 1 aliphatic rings. The minimum absolute atomic E-state index is 0.189. The molecular formula is C22H39NO2. The summed E-state index contributed by atoms with van der Waals surface area (Å²) in [4.78, 5) is 22.4. The summed E-state index contributed by atoms with van der Waals surface area (Å²) in [5.41, 5.74) is 0.662. The van der Waals surface area contributed by atoms with E-state index in [2.05, 4.69) is 12.2 Å². The highest BCUT2D eigenvalue weighted by Crippen LogP contribution is 2.16. The molecule has 3 nitrogen and oxygen atoms in total. The van der Waals surface area contributed by atoms with E-state index in [4.69, 9.17) is 0 Å². The number of carbonyl (C=O) groups is 2. The lowest BCUT2D eigenvalue weighted by atomic mass is 10.0. The summed E-state index contributed by atoms with van der Waals surface area (Å²) in [7, 11) is 0. The number of hydrogen-bond acceptors (Lipinski definition) is 2. The monoisotopic (exact) mass is 349 g/mol. The van der Waals surface area contributed by atoms with E-state index in [1.807, 2.05) is 0 Å². The van der Waals surface area contributed by atoms with Gasteiger partial charge in [0.1, 0.15) is 0 Å². The van der Waals surface area contributed by atoms with Gasteiger partial charge >= 0.3 is 0 Å². The Hall–Kier alpha value is -1.12. The van der Waals surface area contributed by atoms with Crippen molar-refractivity contribution in [3.63, 3.8) is 0 Å². The van der Waals surface area contributed by atoms with Gasteiger partial charge < -0.3 is 0 Å². The second-order valence-electron chi connectivity index (χ2n) is 7.54. The maximum atomic E-state index is 11.4. The number of rotatable bonds is 17. The average molecular weight is 350 g/mol. The Kier molecular flexibility index (Phi) is 13.3. The first-order chi connectivity index (χ1) is 12.2. The van der Waals surface area contributed by atoms with Crippen LogP contribution in [0.1, 0.15) is 116 Å². The second-order valence-corrected chi connectivity index (χ2v) is 7.54. The fourth-order valence-electron chi connectivity index (χ4n) is 3.50. The maximum Gasteiger partial charge on any atom is 0.254 e. The predicted octanol–water partition coefficient (Wildman–Crippen LogP) is 6.22. The molecule has 0 aliphatic carbocycles. The second kappa shape index (κ2) is 15.2. The Morgan fingerprint density at radius 3 is 1.40 bits per heavy atom. The van der Waals surface area contributed by atoms with Gasteiger partial charge in [0.15, 0.2) is 0 Å². The molecule has 144 valence electrons. The molecule has 1 heterocycles. The van der Waals surface area contributed by atoms with Crippen molar-refractivity contribution >= 4 is 11.8 Å². The average Bonchev–Trinajstić information content (AvgIpc) is 2.92. The lowest BCUT2D eigenvalue weighted by Crippen LogP contribution is -2.22. The van der Waals surface area contributed by atoms with E-state index >= 15 is 0 Å². The summed E-state index contributed by atoms with van der Waals surface area (Å²) in [5, 5.41) is 2.30. The Labute approximate surface area is 155 Å². The third kappa shape index (κ3) is 12.0. The smallest absolute Gasteiger partial charge is 0.254 e. The van der Waals surface area contributed by atoms with Gasteiger partial charge in [-0.2, -0.15) is 0 Å². The van der Waals surface area contributed by atoms with Crippen LogP contribution in [0.2, 0.25) is 0 Å². The maximum absolute atomic E-state index is 11.4. The molecular weight excluding hydrogens is 310 g/mol. The van der Waals surface area contributed by atoms with Crippen LogP contribution < -0.4 is 5.32 Å². The van der Waals surface area contributed by atoms with Crippen LogP contribution in [0.5, 0.6) is 0 Å². The topological polar surface area (TPSA) is 46.2 Å². The predicted molar refractivity (Wildman–Crippen MR) is 105 cm³/mol. The molecule has 0 aromatic rings. The highest BCUT2D eigenvalue weighted by Gasteiger charge is 2.19. The minimum Gasteiger partial charge on any atom is -0.289 e. The first-order valence-corrected chi connectivity index (χ1v) is 10.8. The Morgan fingerprint density at radius 2 is 1.04 bits per heavy atom. The first kappa shape index (κ1) is 21.9. The van der Waals surface area contributed by atoms with Crippen molar-refractivity contribution < 1.29 is 9.59 Å². The van der Waals surface area contributed by atoms with E-state index < -0.39 is 0 Å². The Balaban J connectivity index is 1.74. The van der Waals surface area contributed by atoms with Crippen molar-refractivity contribution in [2.45, 2.75) is 116 Å². The Bertz CT molecular complexity index is 401. The van der Waals surface area contributed by atoms with Gasteiger partial charge in [-0.05, 0) is 12.8 Å². The van der Waals surface area contributed by atoms with E-state index in [9.17, 15) is 9.59 Å². The quantitative estimate of drug-likeness (QED) is 0.250. The fourth-order valence-corrected chi connectivity index (χ4v) is 3.50. The van der Waals surface area contributed by atoms with E-state index in [0.29, 0.717) is 5.57 Å². The number of imide groups is 1. The molecule has 1 rings (SSSR count). The first-order valence-electron chi connectivity index (χ1n) is 10.8. The van der Waals surface area contributed by atoms with Crippen LogP contribution in [-0.4, -0.2) is 11.8 Å². The molecule has 2 amide bonds. The molecule has 0 bridgehead atoms. The van der Waals surface area contributed by atoms with E-state index in [0.717, 1.165) is 19.3 Å². The van der Waals surface area contributed by atoms with Crippen LogP contribution in [0.15, 0.2) is 11.6 Å². The molecule has 0 aromatic heterocycles. The highest BCUT2D eigenvalue weighted by atomic mass is 16.2. The van der Waals surface area contributed by atoms with Gasteiger partial charge in [0.05, 0.1) is 0 Å². The molecule has 1 N–H and O–H groups in total. The number of unbranched alkanes of at least 4 members (excludes halogenated alkanes) is 15. The standard InChI is InChI=1S/C22H39NO2/c1-2-3-4-5-6-7-8-9-10-11-12-13-14-15-16-17-18-20-19-21(24)23-22(20)25/h19H,2-18H2,1H3,(H,23,24,25). The van der Waals surface area contributed by atoms with Crippen molar-refractivity contribution in [2.24, 2.45) is 0 Å². The fraction of sp³-hybridized carbons (Fsp3) is 0.818. The summed E-state index contributed by atoms with van der Waals surface area (Å²) < 4.78 is 0. The lowest BCUT2D eigenvalue weighted by Gasteiger charge is -2.04. The van der Waals surface area contributed by atoms with Crippen LogP contribution >= 0.6 is 0 Å². The Morgan fingerprint density at radius 1 is 0.640 bits per heavy atom. The van der Waals surface area contributed by atoms with Gasteiger partial charge in [0.25, 0.3) is 11.8 Å². The molecule has 3 heteroatoms. The number of carbonyl (C=O) groups excluding carboxylic acids is 2. The van der Waals surface area contributed by atoms with Crippen molar-refractivity contribution in [1.29, 1.82) is 0 Å².